The summed E-state index contributed by atoms with van der Waals surface area (Å²) < 4.78 is 0. The Hall–Kier alpha value is -1.00. The molecule has 1 aliphatic carbocycles. The van der Waals surface area contributed by atoms with Crippen LogP contribution in [0, 0.1) is 5.92 Å². The maximum absolute atomic E-state index is 11.5. The van der Waals surface area contributed by atoms with Crippen molar-refractivity contribution in [3.8, 4) is 0 Å². The quantitative estimate of drug-likeness (QED) is 0.835. The molecule has 3 nitrogen and oxygen atoms in total. The highest BCUT2D eigenvalue weighted by atomic mass is 35.5. The number of Topliss-reactive ketones (excluding diaryl/α,β-unsaturated/α-hetero) is 1. The SMILES string of the molecule is CSc1ccc(C(C[C@H]2CCC(=O)C2)C(=O)O)cc1Cl. The van der Waals surface area contributed by atoms with E-state index in [9.17, 15) is 14.7 Å². The van der Waals surface area contributed by atoms with Gasteiger partial charge in [-0.05, 0) is 42.7 Å². The Morgan fingerprint density at radius 3 is 2.80 bits per heavy atom. The van der Waals surface area contributed by atoms with Gasteiger partial charge < -0.3 is 5.11 Å². The molecule has 1 aromatic rings. The Morgan fingerprint density at radius 1 is 1.55 bits per heavy atom. The van der Waals surface area contributed by atoms with E-state index >= 15 is 0 Å². The summed E-state index contributed by atoms with van der Waals surface area (Å²) >= 11 is 7.68. The molecule has 1 aromatic carbocycles. The number of carboxylic acids is 1. The maximum atomic E-state index is 11.5. The Kier molecular flexibility index (Phi) is 5.11. The molecular weight excluding hydrogens is 296 g/mol. The minimum absolute atomic E-state index is 0.183. The number of thioether (sulfide) groups is 1. The first-order chi connectivity index (χ1) is 9.51. The van der Waals surface area contributed by atoms with E-state index < -0.39 is 11.9 Å². The highest BCUT2D eigenvalue weighted by Crippen LogP contribution is 2.35. The second-order valence-electron chi connectivity index (χ2n) is 5.17. The number of halogens is 1. The highest BCUT2D eigenvalue weighted by Gasteiger charge is 2.29. The van der Waals surface area contributed by atoms with Gasteiger partial charge in [0.25, 0.3) is 0 Å². The average molecular weight is 313 g/mol. The van der Waals surface area contributed by atoms with Crippen molar-refractivity contribution in [2.75, 3.05) is 6.26 Å². The fraction of sp³-hybridized carbons (Fsp3) is 0.467. The van der Waals surface area contributed by atoms with Crippen LogP contribution in [0.2, 0.25) is 5.02 Å². The molecule has 0 aromatic heterocycles. The van der Waals surface area contributed by atoms with Crippen molar-refractivity contribution in [3.63, 3.8) is 0 Å². The van der Waals surface area contributed by atoms with E-state index in [4.69, 9.17) is 11.6 Å². The van der Waals surface area contributed by atoms with Crippen LogP contribution in [0.25, 0.3) is 0 Å². The van der Waals surface area contributed by atoms with Crippen molar-refractivity contribution in [3.05, 3.63) is 28.8 Å². The molecule has 0 amide bonds. The van der Waals surface area contributed by atoms with Gasteiger partial charge in [0.15, 0.2) is 0 Å². The average Bonchev–Trinajstić information content (AvgIpc) is 2.81. The molecule has 0 aliphatic heterocycles. The molecule has 0 heterocycles. The van der Waals surface area contributed by atoms with Crippen molar-refractivity contribution in [1.29, 1.82) is 0 Å². The number of carbonyl (C=O) groups excluding carboxylic acids is 1. The van der Waals surface area contributed by atoms with Crippen LogP contribution in [-0.4, -0.2) is 23.1 Å². The zero-order valence-electron chi connectivity index (χ0n) is 11.3. The number of carboxylic acid groups (broad SMARTS) is 1. The molecule has 108 valence electrons. The molecule has 0 spiro atoms. The van der Waals surface area contributed by atoms with E-state index in [1.807, 2.05) is 18.4 Å². The van der Waals surface area contributed by atoms with E-state index in [0.717, 1.165) is 16.9 Å². The van der Waals surface area contributed by atoms with Crippen molar-refractivity contribution in [2.45, 2.75) is 36.5 Å². The van der Waals surface area contributed by atoms with Gasteiger partial charge >= 0.3 is 5.97 Å². The monoisotopic (exact) mass is 312 g/mol. The minimum atomic E-state index is -0.850. The second kappa shape index (κ2) is 6.64. The maximum Gasteiger partial charge on any atom is 0.310 e. The number of hydrogen-bond donors (Lipinski definition) is 1. The molecule has 5 heteroatoms. The fourth-order valence-electron chi connectivity index (χ4n) is 2.70. The fourth-order valence-corrected chi connectivity index (χ4v) is 3.58. The summed E-state index contributed by atoms with van der Waals surface area (Å²) in [5.41, 5.74) is 0.722. The first-order valence-electron chi connectivity index (χ1n) is 6.59. The lowest BCUT2D eigenvalue weighted by atomic mass is 9.88. The van der Waals surface area contributed by atoms with Crippen LogP contribution in [0.5, 0.6) is 0 Å². The normalized spacial score (nSPS) is 20.1. The zero-order chi connectivity index (χ0) is 14.7. The highest BCUT2D eigenvalue weighted by molar-refractivity contribution is 7.98. The molecule has 0 saturated heterocycles. The van der Waals surface area contributed by atoms with Crippen LogP contribution >= 0.6 is 23.4 Å². The molecule has 1 N–H and O–H groups in total. The number of rotatable bonds is 5. The lowest BCUT2D eigenvalue weighted by molar-refractivity contribution is -0.139. The molecule has 0 radical (unpaired) electrons. The van der Waals surface area contributed by atoms with Crippen LogP contribution < -0.4 is 0 Å². The number of carbonyl (C=O) groups is 2. The smallest absolute Gasteiger partial charge is 0.310 e. The Bertz CT molecular complexity index is 530. The van der Waals surface area contributed by atoms with Gasteiger partial charge in [-0.2, -0.15) is 0 Å². The third kappa shape index (κ3) is 3.55. The Morgan fingerprint density at radius 2 is 2.30 bits per heavy atom. The first kappa shape index (κ1) is 15.4. The van der Waals surface area contributed by atoms with Gasteiger partial charge in [0, 0.05) is 17.7 Å². The number of hydrogen-bond acceptors (Lipinski definition) is 3. The van der Waals surface area contributed by atoms with Gasteiger partial charge in [0.1, 0.15) is 5.78 Å². The number of aliphatic carboxylic acids is 1. The van der Waals surface area contributed by atoms with Crippen molar-refractivity contribution in [2.24, 2.45) is 5.92 Å². The van der Waals surface area contributed by atoms with Crippen LogP contribution in [0.1, 0.15) is 37.2 Å². The van der Waals surface area contributed by atoms with Crippen LogP contribution in [0.15, 0.2) is 23.1 Å². The molecule has 20 heavy (non-hydrogen) atoms. The van der Waals surface area contributed by atoms with Crippen molar-refractivity contribution < 1.29 is 14.7 Å². The first-order valence-corrected chi connectivity index (χ1v) is 8.19. The zero-order valence-corrected chi connectivity index (χ0v) is 12.8. The molecular formula is C15H17ClO3S. The van der Waals surface area contributed by atoms with Gasteiger partial charge in [-0.25, -0.2) is 0 Å². The van der Waals surface area contributed by atoms with Gasteiger partial charge in [-0.1, -0.05) is 17.7 Å². The van der Waals surface area contributed by atoms with Gasteiger partial charge in [-0.15, -0.1) is 11.8 Å². The third-order valence-electron chi connectivity index (χ3n) is 3.79. The lowest BCUT2D eigenvalue weighted by Gasteiger charge is -2.17. The molecule has 1 aliphatic rings. The summed E-state index contributed by atoms with van der Waals surface area (Å²) in [6.45, 7) is 0. The Labute approximate surface area is 127 Å². The van der Waals surface area contributed by atoms with Crippen molar-refractivity contribution >= 4 is 35.1 Å². The topological polar surface area (TPSA) is 54.4 Å². The summed E-state index contributed by atoms with van der Waals surface area (Å²) in [5.74, 6) is -1.01. The minimum Gasteiger partial charge on any atom is -0.481 e. The molecule has 1 unspecified atom stereocenters. The van der Waals surface area contributed by atoms with E-state index in [-0.39, 0.29) is 11.7 Å². The van der Waals surface area contributed by atoms with E-state index in [2.05, 4.69) is 0 Å². The molecule has 2 rings (SSSR count). The predicted octanol–water partition coefficient (Wildman–Crippen LogP) is 3.99. The summed E-state index contributed by atoms with van der Waals surface area (Å²) in [5, 5.41) is 10.0. The summed E-state index contributed by atoms with van der Waals surface area (Å²) in [6.07, 6.45) is 4.35. The predicted molar refractivity (Wildman–Crippen MR) is 80.6 cm³/mol. The number of benzene rings is 1. The molecule has 1 fully saturated rings. The van der Waals surface area contributed by atoms with E-state index in [0.29, 0.717) is 24.3 Å². The Balaban J connectivity index is 2.18. The summed E-state index contributed by atoms with van der Waals surface area (Å²) in [6, 6.07) is 5.42. The van der Waals surface area contributed by atoms with Crippen LogP contribution in [0.3, 0.4) is 0 Å². The second-order valence-corrected chi connectivity index (χ2v) is 6.42. The van der Waals surface area contributed by atoms with Crippen LogP contribution in [-0.2, 0) is 9.59 Å². The molecule has 0 bridgehead atoms. The van der Waals surface area contributed by atoms with Gasteiger partial charge in [0.2, 0.25) is 0 Å². The molecule has 2 atom stereocenters. The van der Waals surface area contributed by atoms with Crippen molar-refractivity contribution in [1.82, 2.24) is 0 Å². The standard InChI is InChI=1S/C15H17ClO3S/c1-20-14-5-3-10(8-13(14)16)12(15(18)19)7-9-2-4-11(17)6-9/h3,5,8-9,12H,2,4,6-7H2,1H3,(H,18,19)/t9-,12?/m0/s1. The number of ketones is 1. The van der Waals surface area contributed by atoms with Gasteiger partial charge in [-0.3, -0.25) is 9.59 Å². The third-order valence-corrected chi connectivity index (χ3v) is 5.01. The van der Waals surface area contributed by atoms with Gasteiger partial charge in [0.05, 0.1) is 10.9 Å². The van der Waals surface area contributed by atoms with E-state index in [1.165, 1.54) is 11.8 Å². The largest absolute Gasteiger partial charge is 0.481 e. The lowest BCUT2D eigenvalue weighted by Crippen LogP contribution is -2.15. The molecule has 1 saturated carbocycles. The van der Waals surface area contributed by atoms with Crippen LogP contribution in [0.4, 0.5) is 0 Å². The summed E-state index contributed by atoms with van der Waals surface area (Å²) in [4.78, 5) is 23.7. The summed E-state index contributed by atoms with van der Waals surface area (Å²) in [7, 11) is 0. The van der Waals surface area contributed by atoms with E-state index in [1.54, 1.807) is 6.07 Å².